The molecule has 2 saturated heterocycles. The number of rotatable bonds is 6. The molecule has 3 heterocycles. The van der Waals surface area contributed by atoms with Crippen LogP contribution in [0.2, 0.25) is 0 Å². The van der Waals surface area contributed by atoms with Crippen LogP contribution in [0.1, 0.15) is 47.0 Å². The van der Waals surface area contributed by atoms with Crippen LogP contribution in [-0.2, 0) is 4.79 Å². The van der Waals surface area contributed by atoms with Crippen molar-refractivity contribution in [3.05, 3.63) is 23.2 Å². The Hall–Kier alpha value is -1.89. The van der Waals surface area contributed by atoms with Gasteiger partial charge < -0.3 is 9.80 Å². The van der Waals surface area contributed by atoms with E-state index in [0.717, 1.165) is 24.6 Å². The number of thiazole rings is 1. The summed E-state index contributed by atoms with van der Waals surface area (Å²) < 4.78 is 0. The van der Waals surface area contributed by atoms with Crippen molar-refractivity contribution in [2.24, 2.45) is 5.92 Å². The first-order valence-electron chi connectivity index (χ1n) is 9.76. The molecule has 0 atom stereocenters. The predicted molar refractivity (Wildman–Crippen MR) is 109 cm³/mol. The second-order valence-electron chi connectivity index (χ2n) is 8.15. The zero-order valence-electron chi connectivity index (χ0n) is 16.8. The molecular formula is C20H30N4O2S. The molecule has 2 aliphatic heterocycles. The summed E-state index contributed by atoms with van der Waals surface area (Å²) in [5.74, 6) is 0.322. The number of hydrogen-bond donors (Lipinski definition) is 0. The van der Waals surface area contributed by atoms with Crippen molar-refractivity contribution in [3.63, 3.8) is 0 Å². The Balaban J connectivity index is 1.79. The summed E-state index contributed by atoms with van der Waals surface area (Å²) >= 11 is 1.62. The molecule has 7 heteroatoms. The summed E-state index contributed by atoms with van der Waals surface area (Å²) in [6.07, 6.45) is 5.96. The molecule has 0 aliphatic carbocycles. The van der Waals surface area contributed by atoms with Gasteiger partial charge in [-0.3, -0.25) is 9.69 Å². The Kier molecular flexibility index (Phi) is 5.89. The summed E-state index contributed by atoms with van der Waals surface area (Å²) in [4.78, 5) is 36.4. The maximum absolute atomic E-state index is 13.4. The van der Waals surface area contributed by atoms with Crippen LogP contribution < -0.4 is 4.90 Å². The minimum Gasteiger partial charge on any atom is -0.348 e. The third kappa shape index (κ3) is 3.88. The van der Waals surface area contributed by atoms with Gasteiger partial charge in [-0.05, 0) is 39.0 Å². The molecule has 3 amide bonds. The quantitative estimate of drug-likeness (QED) is 0.548. The van der Waals surface area contributed by atoms with Crippen molar-refractivity contribution in [1.29, 1.82) is 0 Å². The van der Waals surface area contributed by atoms with Crippen molar-refractivity contribution in [1.82, 2.24) is 14.8 Å². The molecule has 27 heavy (non-hydrogen) atoms. The molecule has 0 aromatic carbocycles. The van der Waals surface area contributed by atoms with Gasteiger partial charge in [0, 0.05) is 37.8 Å². The van der Waals surface area contributed by atoms with Gasteiger partial charge in [-0.25, -0.2) is 9.78 Å². The summed E-state index contributed by atoms with van der Waals surface area (Å²) in [6.45, 7) is 10.9. The SMILES string of the molecule is CC(C)=CCCN1C(=O)N(CC(C)C)C2(CCN(c3nccs3)CC2)C1=O. The summed E-state index contributed by atoms with van der Waals surface area (Å²) in [6, 6.07) is -0.112. The molecule has 148 valence electrons. The third-order valence-corrected chi connectivity index (χ3v) is 6.19. The first-order valence-corrected chi connectivity index (χ1v) is 10.6. The zero-order chi connectivity index (χ0) is 19.6. The lowest BCUT2D eigenvalue weighted by atomic mass is 9.85. The van der Waals surface area contributed by atoms with E-state index in [0.29, 0.717) is 31.8 Å². The lowest BCUT2D eigenvalue weighted by Gasteiger charge is -2.42. The Bertz CT molecular complexity index is 702. The minimum absolute atomic E-state index is 0.00547. The van der Waals surface area contributed by atoms with E-state index in [9.17, 15) is 9.59 Å². The van der Waals surface area contributed by atoms with Gasteiger partial charge in [0.25, 0.3) is 5.91 Å². The fourth-order valence-corrected chi connectivity index (χ4v) is 4.70. The van der Waals surface area contributed by atoms with Gasteiger partial charge in [-0.2, -0.15) is 0 Å². The van der Waals surface area contributed by atoms with Gasteiger partial charge in [0.05, 0.1) is 0 Å². The maximum atomic E-state index is 13.4. The highest BCUT2D eigenvalue weighted by Gasteiger charge is 2.57. The fraction of sp³-hybridized carbons (Fsp3) is 0.650. The van der Waals surface area contributed by atoms with Crippen molar-refractivity contribution in [2.75, 3.05) is 31.1 Å². The molecule has 1 spiro atoms. The molecule has 2 aliphatic rings. The van der Waals surface area contributed by atoms with Gasteiger partial charge in [0.1, 0.15) is 5.54 Å². The van der Waals surface area contributed by atoms with E-state index in [1.165, 1.54) is 10.5 Å². The number of carbonyl (C=O) groups is 2. The number of carbonyl (C=O) groups excluding carboxylic acids is 2. The molecule has 6 nitrogen and oxygen atoms in total. The standard InChI is InChI=1S/C20H30N4O2S/c1-15(2)6-5-10-23-17(25)20(24(19(23)26)14-16(3)4)7-11-22(12-8-20)18-21-9-13-27-18/h6,9,13,16H,5,7-8,10-12,14H2,1-4H3. The average molecular weight is 391 g/mol. The lowest BCUT2D eigenvalue weighted by molar-refractivity contribution is -0.134. The van der Waals surface area contributed by atoms with E-state index in [1.807, 2.05) is 30.3 Å². The van der Waals surface area contributed by atoms with E-state index >= 15 is 0 Å². The van der Waals surface area contributed by atoms with Crippen molar-refractivity contribution in [3.8, 4) is 0 Å². The van der Waals surface area contributed by atoms with Crippen LogP contribution in [0.15, 0.2) is 23.2 Å². The van der Waals surface area contributed by atoms with Gasteiger partial charge in [0.2, 0.25) is 0 Å². The lowest BCUT2D eigenvalue weighted by Crippen LogP contribution is -2.57. The van der Waals surface area contributed by atoms with Crippen LogP contribution in [0.5, 0.6) is 0 Å². The maximum Gasteiger partial charge on any atom is 0.327 e. The van der Waals surface area contributed by atoms with E-state index in [2.05, 4.69) is 29.8 Å². The number of nitrogens with zero attached hydrogens (tertiary/aromatic N) is 4. The smallest absolute Gasteiger partial charge is 0.327 e. The Labute approximate surface area is 165 Å². The molecule has 0 N–H and O–H groups in total. The zero-order valence-corrected chi connectivity index (χ0v) is 17.6. The number of urea groups is 1. The second-order valence-corrected chi connectivity index (χ2v) is 9.02. The summed E-state index contributed by atoms with van der Waals surface area (Å²) in [7, 11) is 0. The highest BCUT2D eigenvalue weighted by Crippen LogP contribution is 2.39. The first-order chi connectivity index (χ1) is 12.8. The Morgan fingerprint density at radius 2 is 2.00 bits per heavy atom. The number of amides is 3. The van der Waals surface area contributed by atoms with Crippen LogP contribution >= 0.6 is 11.3 Å². The number of hydrogen-bond acceptors (Lipinski definition) is 5. The van der Waals surface area contributed by atoms with Crippen molar-refractivity contribution >= 4 is 28.4 Å². The van der Waals surface area contributed by atoms with E-state index in [1.54, 1.807) is 11.3 Å². The highest BCUT2D eigenvalue weighted by molar-refractivity contribution is 7.13. The number of imide groups is 1. The summed E-state index contributed by atoms with van der Waals surface area (Å²) in [5.41, 5.74) is 0.527. The van der Waals surface area contributed by atoms with E-state index in [-0.39, 0.29) is 11.9 Å². The number of anilines is 1. The molecule has 3 rings (SSSR count). The first kappa shape index (κ1) is 19.9. The molecule has 0 bridgehead atoms. The van der Waals surface area contributed by atoms with Crippen LogP contribution in [0.3, 0.4) is 0 Å². The highest BCUT2D eigenvalue weighted by atomic mass is 32.1. The molecule has 2 fully saturated rings. The third-order valence-electron chi connectivity index (χ3n) is 5.36. The Morgan fingerprint density at radius 1 is 1.30 bits per heavy atom. The van der Waals surface area contributed by atoms with Crippen LogP contribution in [0, 0.1) is 5.92 Å². The summed E-state index contributed by atoms with van der Waals surface area (Å²) in [5, 5.41) is 2.97. The number of aromatic nitrogens is 1. The van der Waals surface area contributed by atoms with Gasteiger partial charge in [0.15, 0.2) is 5.13 Å². The van der Waals surface area contributed by atoms with Crippen LogP contribution in [-0.4, -0.2) is 58.4 Å². The Morgan fingerprint density at radius 3 is 2.56 bits per heavy atom. The van der Waals surface area contributed by atoms with Crippen LogP contribution in [0.25, 0.3) is 0 Å². The average Bonchev–Trinajstić information content (AvgIpc) is 3.21. The van der Waals surface area contributed by atoms with E-state index in [4.69, 9.17) is 0 Å². The molecule has 0 saturated carbocycles. The topological polar surface area (TPSA) is 56.8 Å². The normalized spacial score (nSPS) is 19.5. The monoisotopic (exact) mass is 390 g/mol. The predicted octanol–water partition coefficient (Wildman–Crippen LogP) is 3.76. The van der Waals surface area contributed by atoms with Crippen LogP contribution in [0.4, 0.5) is 9.93 Å². The number of piperidine rings is 1. The molecular weight excluding hydrogens is 360 g/mol. The van der Waals surface area contributed by atoms with Gasteiger partial charge >= 0.3 is 6.03 Å². The molecule has 1 aromatic rings. The van der Waals surface area contributed by atoms with Crippen molar-refractivity contribution < 1.29 is 9.59 Å². The van der Waals surface area contributed by atoms with Crippen molar-refractivity contribution in [2.45, 2.75) is 52.5 Å². The molecule has 1 aromatic heterocycles. The molecule has 0 unspecified atom stereocenters. The van der Waals surface area contributed by atoms with E-state index < -0.39 is 5.54 Å². The minimum atomic E-state index is -0.680. The molecule has 0 radical (unpaired) electrons. The van der Waals surface area contributed by atoms with Gasteiger partial charge in [-0.1, -0.05) is 25.5 Å². The fourth-order valence-electron chi connectivity index (χ4n) is 4.00. The second kappa shape index (κ2) is 8.00. The van der Waals surface area contributed by atoms with Gasteiger partial charge in [-0.15, -0.1) is 11.3 Å². The largest absolute Gasteiger partial charge is 0.348 e. The number of allylic oxidation sites excluding steroid dienone is 1.